The van der Waals surface area contributed by atoms with E-state index in [1.807, 2.05) is 30.3 Å². The van der Waals surface area contributed by atoms with E-state index in [1.165, 1.54) is 44.7 Å². The van der Waals surface area contributed by atoms with E-state index in [2.05, 4.69) is 13.8 Å². The Morgan fingerprint density at radius 2 is 1.56 bits per heavy atom. The molecule has 1 unspecified atom stereocenters. The molecule has 0 saturated carbocycles. The maximum Gasteiger partial charge on any atom is 0.131 e. The maximum absolute atomic E-state index is 11.1. The zero-order valence-electron chi connectivity index (χ0n) is 15.6. The third-order valence-corrected chi connectivity index (χ3v) is 9.86. The highest BCUT2D eigenvalue weighted by Crippen LogP contribution is 2.58. The van der Waals surface area contributed by atoms with Gasteiger partial charge in [-0.3, -0.25) is 0 Å². The van der Waals surface area contributed by atoms with Crippen molar-refractivity contribution in [2.24, 2.45) is 0 Å². The molecule has 3 rings (SSSR count). The molecule has 1 heterocycles. The fourth-order valence-electron chi connectivity index (χ4n) is 4.52. The summed E-state index contributed by atoms with van der Waals surface area (Å²) in [4.78, 5) is 0. The normalized spacial score (nSPS) is 21.4. The molecule has 0 aliphatic carbocycles. The predicted octanol–water partition coefficient (Wildman–Crippen LogP) is 6.27. The van der Waals surface area contributed by atoms with Crippen molar-refractivity contribution in [2.75, 3.05) is 6.16 Å². The molecule has 3 heteroatoms. The molecule has 2 aromatic carbocycles. The molecule has 0 radical (unpaired) electrons. The van der Waals surface area contributed by atoms with E-state index in [-0.39, 0.29) is 5.16 Å². The Kier molecular flexibility index (Phi) is 5.89. The summed E-state index contributed by atoms with van der Waals surface area (Å²) < 4.78 is 0. The molecule has 0 amide bonds. The molecular formula is C22H31O2P. The van der Waals surface area contributed by atoms with Gasteiger partial charge in [0.1, 0.15) is 11.5 Å². The van der Waals surface area contributed by atoms with Crippen molar-refractivity contribution in [1.82, 2.24) is 0 Å². The Morgan fingerprint density at radius 1 is 0.920 bits per heavy atom. The minimum Gasteiger partial charge on any atom is -0.507 e. The largest absolute Gasteiger partial charge is 0.507 e. The van der Waals surface area contributed by atoms with E-state index >= 15 is 0 Å². The Balaban J connectivity index is 2.15. The van der Waals surface area contributed by atoms with E-state index in [0.717, 1.165) is 28.9 Å². The number of phenolic OH excluding ortho intramolecular Hbond substituents is 2. The van der Waals surface area contributed by atoms with Crippen LogP contribution in [0.4, 0.5) is 0 Å². The Bertz CT molecular complexity index is 721. The molecule has 2 N–H and O–H groups in total. The summed E-state index contributed by atoms with van der Waals surface area (Å²) >= 11 is 0. The zero-order chi connectivity index (χ0) is 17.9. The standard InChI is InChI=1S/C22H31O2P/c1-3-22(4-2)14-10-6-5-7-11-15-25(22)20-16-19(23)17-12-8-9-13-18(17)21(20)24/h8-9,12-13,16,23-24H,3-7,10-11,14-15H2,1-2H3. The van der Waals surface area contributed by atoms with Crippen molar-refractivity contribution in [3.05, 3.63) is 30.3 Å². The second-order valence-corrected chi connectivity index (χ2v) is 10.1. The monoisotopic (exact) mass is 358 g/mol. The number of aromatic hydroxyl groups is 2. The zero-order valence-corrected chi connectivity index (χ0v) is 16.5. The Hall–Kier alpha value is -1.27. The average Bonchev–Trinajstić information content (AvgIpc) is 2.75. The van der Waals surface area contributed by atoms with Crippen molar-refractivity contribution in [3.8, 4) is 11.5 Å². The molecule has 1 aliphatic heterocycles. The van der Waals surface area contributed by atoms with Crippen LogP contribution in [0.15, 0.2) is 30.3 Å². The minimum atomic E-state index is -0.496. The fraction of sp³-hybridized carbons (Fsp3) is 0.545. The summed E-state index contributed by atoms with van der Waals surface area (Å²) in [5, 5.41) is 24.5. The molecule has 1 atom stereocenters. The molecule has 1 fully saturated rings. The Labute approximate surface area is 153 Å². The lowest BCUT2D eigenvalue weighted by molar-refractivity contribution is 0.465. The molecule has 25 heavy (non-hydrogen) atoms. The van der Waals surface area contributed by atoms with E-state index in [1.54, 1.807) is 0 Å². The van der Waals surface area contributed by atoms with Crippen LogP contribution in [0, 0.1) is 0 Å². The van der Waals surface area contributed by atoms with Crippen LogP contribution in [0.3, 0.4) is 0 Å². The van der Waals surface area contributed by atoms with Crippen molar-refractivity contribution >= 4 is 24.0 Å². The number of fused-ring (bicyclic) bond motifs is 1. The molecule has 0 bridgehead atoms. The van der Waals surface area contributed by atoms with Crippen LogP contribution in [-0.2, 0) is 0 Å². The van der Waals surface area contributed by atoms with Gasteiger partial charge in [0.15, 0.2) is 0 Å². The first-order chi connectivity index (χ1) is 12.1. The summed E-state index contributed by atoms with van der Waals surface area (Å²) in [5.74, 6) is 0.719. The first-order valence-electron chi connectivity index (χ1n) is 9.84. The van der Waals surface area contributed by atoms with Gasteiger partial charge in [-0.25, -0.2) is 0 Å². The second-order valence-electron chi connectivity index (χ2n) is 7.41. The first kappa shape index (κ1) is 18.5. The van der Waals surface area contributed by atoms with Crippen molar-refractivity contribution < 1.29 is 10.2 Å². The molecule has 136 valence electrons. The van der Waals surface area contributed by atoms with Gasteiger partial charge >= 0.3 is 0 Å². The van der Waals surface area contributed by atoms with Gasteiger partial charge in [0.2, 0.25) is 0 Å². The van der Waals surface area contributed by atoms with Crippen LogP contribution >= 0.6 is 7.92 Å². The molecule has 1 saturated heterocycles. The van der Waals surface area contributed by atoms with Gasteiger partial charge in [-0.05, 0) is 43.1 Å². The van der Waals surface area contributed by atoms with Gasteiger partial charge in [-0.1, -0.05) is 71.7 Å². The van der Waals surface area contributed by atoms with E-state index < -0.39 is 7.92 Å². The molecule has 0 spiro atoms. The number of phenols is 2. The lowest BCUT2D eigenvalue weighted by atomic mass is 9.94. The third kappa shape index (κ3) is 3.51. The SMILES string of the molecule is CCC1(CC)CCCCCCCP1c1cc(O)c2ccccc2c1O. The minimum absolute atomic E-state index is 0.284. The fourth-order valence-corrected chi connectivity index (χ4v) is 8.13. The van der Waals surface area contributed by atoms with Gasteiger partial charge in [-0.2, -0.15) is 0 Å². The lowest BCUT2D eigenvalue weighted by Gasteiger charge is -2.41. The predicted molar refractivity (Wildman–Crippen MR) is 110 cm³/mol. The molecular weight excluding hydrogens is 327 g/mol. The van der Waals surface area contributed by atoms with Crippen molar-refractivity contribution in [2.45, 2.75) is 70.4 Å². The van der Waals surface area contributed by atoms with Gasteiger partial charge in [-0.15, -0.1) is 0 Å². The summed E-state index contributed by atoms with van der Waals surface area (Å²) in [6.07, 6.45) is 11.2. The topological polar surface area (TPSA) is 40.5 Å². The summed E-state index contributed by atoms with van der Waals surface area (Å²) in [6, 6.07) is 9.54. The van der Waals surface area contributed by atoms with Gasteiger partial charge in [0, 0.05) is 16.1 Å². The van der Waals surface area contributed by atoms with Crippen LogP contribution in [0.2, 0.25) is 0 Å². The van der Waals surface area contributed by atoms with E-state index in [9.17, 15) is 10.2 Å². The van der Waals surface area contributed by atoms with Crippen LogP contribution in [0.5, 0.6) is 11.5 Å². The highest BCUT2D eigenvalue weighted by molar-refractivity contribution is 7.67. The van der Waals surface area contributed by atoms with E-state index in [0.29, 0.717) is 11.5 Å². The number of hydrogen-bond donors (Lipinski definition) is 2. The number of rotatable bonds is 3. The lowest BCUT2D eigenvalue weighted by Crippen LogP contribution is -2.30. The van der Waals surface area contributed by atoms with Crippen LogP contribution in [-0.4, -0.2) is 21.5 Å². The quantitative estimate of drug-likeness (QED) is 0.501. The number of benzene rings is 2. The van der Waals surface area contributed by atoms with Crippen LogP contribution in [0.1, 0.15) is 65.2 Å². The molecule has 0 aromatic heterocycles. The first-order valence-corrected chi connectivity index (χ1v) is 11.4. The van der Waals surface area contributed by atoms with Crippen LogP contribution in [0.25, 0.3) is 10.8 Å². The third-order valence-electron chi connectivity index (χ3n) is 6.18. The van der Waals surface area contributed by atoms with Crippen molar-refractivity contribution in [3.63, 3.8) is 0 Å². The van der Waals surface area contributed by atoms with Crippen molar-refractivity contribution in [1.29, 1.82) is 0 Å². The molecule has 1 aliphatic rings. The molecule has 2 nitrogen and oxygen atoms in total. The van der Waals surface area contributed by atoms with Crippen LogP contribution < -0.4 is 5.30 Å². The van der Waals surface area contributed by atoms with Gasteiger partial charge in [0.05, 0.1) is 0 Å². The Morgan fingerprint density at radius 3 is 2.28 bits per heavy atom. The summed E-state index contributed by atoms with van der Waals surface area (Å²) in [5.41, 5.74) is 0. The highest BCUT2D eigenvalue weighted by atomic mass is 31.1. The second kappa shape index (κ2) is 7.96. The highest BCUT2D eigenvalue weighted by Gasteiger charge is 2.37. The molecule has 2 aromatic rings. The van der Waals surface area contributed by atoms with E-state index in [4.69, 9.17) is 0 Å². The summed E-state index contributed by atoms with van der Waals surface area (Å²) in [6.45, 7) is 4.63. The number of hydrogen-bond acceptors (Lipinski definition) is 2. The maximum atomic E-state index is 11.1. The smallest absolute Gasteiger partial charge is 0.131 e. The van der Waals surface area contributed by atoms with Gasteiger partial charge in [0.25, 0.3) is 0 Å². The summed E-state index contributed by atoms with van der Waals surface area (Å²) in [7, 11) is -0.496. The van der Waals surface area contributed by atoms with Gasteiger partial charge < -0.3 is 10.2 Å². The average molecular weight is 358 g/mol.